The third-order valence-corrected chi connectivity index (χ3v) is 4.20. The topological polar surface area (TPSA) is 56.5 Å². The van der Waals surface area contributed by atoms with Gasteiger partial charge in [0, 0.05) is 12.1 Å². The molecule has 6 heteroatoms. The van der Waals surface area contributed by atoms with Crippen molar-refractivity contribution in [2.45, 2.75) is 4.90 Å². The van der Waals surface area contributed by atoms with Crippen LogP contribution in [-0.4, -0.2) is 18.1 Å². The molecule has 0 atom stereocenters. The van der Waals surface area contributed by atoms with E-state index in [0.717, 1.165) is 34.3 Å². The summed E-state index contributed by atoms with van der Waals surface area (Å²) in [6, 6.07) is 13.5. The van der Waals surface area contributed by atoms with Crippen molar-refractivity contribution in [1.82, 2.24) is 9.71 Å². The third kappa shape index (κ3) is 3.18. The Balaban J connectivity index is 1.58. The first-order chi connectivity index (χ1) is 11.4. The minimum Gasteiger partial charge on any atom is -0.491 e. The van der Waals surface area contributed by atoms with Gasteiger partial charge in [0.1, 0.15) is 30.1 Å². The van der Waals surface area contributed by atoms with Gasteiger partial charge in [0.05, 0.1) is 11.1 Å². The first-order valence-corrected chi connectivity index (χ1v) is 8.04. The molecule has 1 N–H and O–H groups in total. The van der Waals surface area contributed by atoms with E-state index in [4.69, 9.17) is 13.9 Å². The fraction of sp³-hybridized carbons (Fsp3) is 0.118. The summed E-state index contributed by atoms with van der Waals surface area (Å²) in [7, 11) is 0. The monoisotopic (exact) mass is 326 g/mol. The normalized spacial score (nSPS) is 13.7. The van der Waals surface area contributed by atoms with Crippen LogP contribution >= 0.6 is 11.9 Å². The van der Waals surface area contributed by atoms with E-state index in [9.17, 15) is 0 Å². The molecule has 0 fully saturated rings. The van der Waals surface area contributed by atoms with Gasteiger partial charge in [-0.3, -0.25) is 4.72 Å². The van der Waals surface area contributed by atoms with Crippen molar-refractivity contribution in [3.8, 4) is 28.7 Å². The van der Waals surface area contributed by atoms with Gasteiger partial charge in [-0.2, -0.15) is 0 Å². The van der Waals surface area contributed by atoms with E-state index in [-0.39, 0.29) is 0 Å². The van der Waals surface area contributed by atoms with Crippen LogP contribution in [0.1, 0.15) is 0 Å². The molecular weight excluding hydrogens is 312 g/mol. The van der Waals surface area contributed by atoms with Crippen molar-refractivity contribution in [3.63, 3.8) is 0 Å². The maximum Gasteiger partial charge on any atom is 0.225 e. The van der Waals surface area contributed by atoms with Crippen LogP contribution in [0.15, 0.2) is 64.2 Å². The zero-order valence-corrected chi connectivity index (χ0v) is 13.0. The van der Waals surface area contributed by atoms with Gasteiger partial charge < -0.3 is 13.9 Å². The summed E-state index contributed by atoms with van der Waals surface area (Å²) in [5.41, 5.74) is 0.877. The van der Waals surface area contributed by atoms with Gasteiger partial charge in [0.25, 0.3) is 0 Å². The summed E-state index contributed by atoms with van der Waals surface area (Å²) in [5, 5.41) is 0. The molecule has 4 rings (SSSR count). The molecule has 116 valence electrons. The van der Waals surface area contributed by atoms with Crippen LogP contribution in [0.2, 0.25) is 0 Å². The molecule has 0 radical (unpaired) electrons. The molecule has 2 heterocycles. The van der Waals surface area contributed by atoms with Gasteiger partial charge in [-0.05, 0) is 48.3 Å². The van der Waals surface area contributed by atoms with E-state index in [0.29, 0.717) is 12.5 Å². The smallest absolute Gasteiger partial charge is 0.225 e. The number of rotatable bonds is 3. The summed E-state index contributed by atoms with van der Waals surface area (Å²) in [4.78, 5) is 5.17. The Morgan fingerprint density at radius 1 is 1.13 bits per heavy atom. The number of oxazole rings is 1. The Hall–Kier alpha value is -2.44. The van der Waals surface area contributed by atoms with E-state index in [1.807, 2.05) is 42.5 Å². The summed E-state index contributed by atoms with van der Waals surface area (Å²) in [6.45, 7) is 1.48. The molecule has 0 spiro atoms. The van der Waals surface area contributed by atoms with E-state index in [1.165, 1.54) is 0 Å². The number of aromatic nitrogens is 1. The SMILES string of the molecule is c1cc(Oc2ccc3c(c2)SNCCO3)cc(-c2ncco2)c1. The fourth-order valence-electron chi connectivity index (χ4n) is 2.28. The molecule has 1 aromatic heterocycles. The second-order valence-electron chi connectivity index (χ2n) is 4.92. The highest BCUT2D eigenvalue weighted by Gasteiger charge is 2.11. The minimum atomic E-state index is 0.575. The molecule has 23 heavy (non-hydrogen) atoms. The lowest BCUT2D eigenvalue weighted by Crippen LogP contribution is -2.10. The van der Waals surface area contributed by atoms with Crippen molar-refractivity contribution in [2.24, 2.45) is 0 Å². The lowest BCUT2D eigenvalue weighted by atomic mass is 10.2. The first kappa shape index (κ1) is 14.2. The van der Waals surface area contributed by atoms with Crippen molar-refractivity contribution in [2.75, 3.05) is 13.2 Å². The zero-order chi connectivity index (χ0) is 15.5. The van der Waals surface area contributed by atoms with E-state index in [1.54, 1.807) is 24.4 Å². The van der Waals surface area contributed by atoms with Crippen molar-refractivity contribution in [1.29, 1.82) is 0 Å². The van der Waals surface area contributed by atoms with Crippen LogP contribution in [-0.2, 0) is 0 Å². The molecule has 2 aromatic carbocycles. The molecule has 0 aliphatic carbocycles. The number of hydrogen-bond acceptors (Lipinski definition) is 6. The highest BCUT2D eigenvalue weighted by molar-refractivity contribution is 7.97. The maximum atomic E-state index is 5.96. The molecule has 0 bridgehead atoms. The van der Waals surface area contributed by atoms with Crippen LogP contribution in [0.4, 0.5) is 0 Å². The van der Waals surface area contributed by atoms with Crippen molar-refractivity contribution < 1.29 is 13.9 Å². The van der Waals surface area contributed by atoms with Crippen molar-refractivity contribution in [3.05, 3.63) is 54.9 Å². The van der Waals surface area contributed by atoms with E-state index in [2.05, 4.69) is 9.71 Å². The Morgan fingerprint density at radius 3 is 3.00 bits per heavy atom. The lowest BCUT2D eigenvalue weighted by Gasteiger charge is -2.10. The quantitative estimate of drug-likeness (QED) is 0.731. The molecule has 5 nitrogen and oxygen atoms in total. The molecule has 1 aliphatic rings. The summed E-state index contributed by atoms with van der Waals surface area (Å²) >= 11 is 1.56. The highest BCUT2D eigenvalue weighted by atomic mass is 32.2. The largest absolute Gasteiger partial charge is 0.491 e. The number of hydrogen-bond donors (Lipinski definition) is 1. The Bertz CT molecular complexity index is 805. The van der Waals surface area contributed by atoms with Crippen LogP contribution in [0.25, 0.3) is 11.5 Å². The summed E-state index contributed by atoms with van der Waals surface area (Å²) < 4.78 is 20.2. The molecule has 0 amide bonds. The van der Waals surface area contributed by atoms with E-state index >= 15 is 0 Å². The maximum absolute atomic E-state index is 5.96. The Kier molecular flexibility index (Phi) is 3.92. The number of fused-ring (bicyclic) bond motifs is 1. The predicted octanol–water partition coefficient (Wildman–Crippen LogP) is 4.12. The van der Waals surface area contributed by atoms with Crippen LogP contribution in [0.3, 0.4) is 0 Å². The number of nitrogens with one attached hydrogen (secondary N) is 1. The van der Waals surface area contributed by atoms with Gasteiger partial charge in [-0.25, -0.2) is 4.98 Å². The van der Waals surface area contributed by atoms with Crippen molar-refractivity contribution >= 4 is 11.9 Å². The molecule has 0 unspecified atom stereocenters. The number of nitrogens with zero attached hydrogens (tertiary/aromatic N) is 1. The van der Waals surface area contributed by atoms with Crippen LogP contribution in [0.5, 0.6) is 17.2 Å². The second-order valence-corrected chi connectivity index (χ2v) is 5.85. The fourth-order valence-corrected chi connectivity index (χ4v) is 3.02. The van der Waals surface area contributed by atoms with Gasteiger partial charge in [0.15, 0.2) is 0 Å². The van der Waals surface area contributed by atoms with Crippen LogP contribution in [0, 0.1) is 0 Å². The Labute approximate surface area is 137 Å². The molecule has 3 aromatic rings. The highest BCUT2D eigenvalue weighted by Crippen LogP contribution is 2.35. The average Bonchev–Trinajstić information content (AvgIpc) is 3.01. The minimum absolute atomic E-state index is 0.575. The zero-order valence-electron chi connectivity index (χ0n) is 12.2. The second kappa shape index (κ2) is 6.36. The van der Waals surface area contributed by atoms with Gasteiger partial charge in [-0.1, -0.05) is 6.07 Å². The summed E-state index contributed by atoms with van der Waals surface area (Å²) in [5.74, 6) is 2.94. The molecular formula is C17H14N2O3S. The van der Waals surface area contributed by atoms with Gasteiger partial charge >= 0.3 is 0 Å². The number of benzene rings is 2. The number of ether oxygens (including phenoxy) is 2. The van der Waals surface area contributed by atoms with Gasteiger partial charge in [-0.15, -0.1) is 0 Å². The molecule has 1 aliphatic heterocycles. The van der Waals surface area contributed by atoms with E-state index < -0.39 is 0 Å². The standard InChI is InChI=1S/C17H14N2O3S/c1-2-12(17-18-6-8-21-17)10-13(3-1)22-14-4-5-15-16(11-14)23-19-7-9-20-15/h1-6,8,10-11,19H,7,9H2. The average molecular weight is 326 g/mol. The third-order valence-electron chi connectivity index (χ3n) is 3.31. The first-order valence-electron chi connectivity index (χ1n) is 7.23. The Morgan fingerprint density at radius 2 is 2.09 bits per heavy atom. The van der Waals surface area contributed by atoms with Crippen LogP contribution < -0.4 is 14.2 Å². The lowest BCUT2D eigenvalue weighted by molar-refractivity contribution is 0.320. The molecule has 0 saturated carbocycles. The predicted molar refractivity (Wildman–Crippen MR) is 87.8 cm³/mol. The van der Waals surface area contributed by atoms with Gasteiger partial charge in [0.2, 0.25) is 5.89 Å². The summed E-state index contributed by atoms with van der Waals surface area (Å²) in [6.07, 6.45) is 3.18. The molecule has 0 saturated heterocycles.